The Balaban J connectivity index is 1.51. The maximum Gasteiger partial charge on any atom is 0.333 e. The van der Waals surface area contributed by atoms with E-state index < -0.39 is 28.9 Å². The van der Waals surface area contributed by atoms with Crippen molar-refractivity contribution in [1.82, 2.24) is 14.1 Å². The van der Waals surface area contributed by atoms with E-state index in [0.29, 0.717) is 53.0 Å². The average Bonchev–Trinajstić information content (AvgIpc) is 3.74. The molecule has 0 N–H and O–H groups in total. The molecule has 0 aliphatic carbocycles. The SMILES string of the molecule is COc1ccccc1C(Cn1c(=O)n(C(C)(C)C(=O)OCc2ccccc2)c(=O)c2c(C)c(-c3ncco3)sc21)OC1CCOCC1. The third kappa shape index (κ3) is 6.40. The fourth-order valence-corrected chi connectivity index (χ4v) is 7.13. The van der Waals surface area contributed by atoms with Crippen LogP contribution in [0.25, 0.3) is 21.0 Å². The Morgan fingerprint density at radius 3 is 2.51 bits per heavy atom. The number of oxazole rings is 1. The first kappa shape index (κ1) is 32.4. The van der Waals surface area contributed by atoms with Crippen molar-refractivity contribution >= 4 is 27.5 Å². The molecule has 0 amide bonds. The molecular formula is C35H37N3O8S. The van der Waals surface area contributed by atoms with E-state index in [1.165, 1.54) is 42.2 Å². The van der Waals surface area contributed by atoms with Crippen molar-refractivity contribution in [1.29, 1.82) is 0 Å². The summed E-state index contributed by atoms with van der Waals surface area (Å²) in [5.74, 6) is 0.219. The summed E-state index contributed by atoms with van der Waals surface area (Å²) in [5, 5.41) is 0.288. The minimum Gasteiger partial charge on any atom is -0.496 e. The second-order valence-electron chi connectivity index (χ2n) is 11.9. The largest absolute Gasteiger partial charge is 0.496 e. The standard InChI is InChI=1S/C35H37N3O8S/c1-22-28-31(39)38(35(2,3)33(40)45-21-23-10-6-5-7-11-23)34(41)37(32(28)47-29(22)30-36-16-19-44-30)20-27(46-24-14-17-43-18-15-24)25-12-8-9-13-26(25)42-4/h5-13,16,19,24,27H,14-15,17-18,20-21H2,1-4H3. The maximum atomic E-state index is 14.6. The van der Waals surface area contributed by atoms with Gasteiger partial charge in [0.25, 0.3) is 5.56 Å². The van der Waals surface area contributed by atoms with Crippen LogP contribution in [0.2, 0.25) is 0 Å². The van der Waals surface area contributed by atoms with E-state index in [-0.39, 0.29) is 24.6 Å². The van der Waals surface area contributed by atoms with Gasteiger partial charge in [-0.15, -0.1) is 11.3 Å². The molecule has 1 fully saturated rings. The minimum atomic E-state index is -1.65. The van der Waals surface area contributed by atoms with Gasteiger partial charge >= 0.3 is 11.7 Å². The number of nitrogens with zero attached hydrogens (tertiary/aromatic N) is 3. The first-order valence-corrected chi connectivity index (χ1v) is 16.3. The number of para-hydroxylation sites is 1. The molecule has 0 bridgehead atoms. The van der Waals surface area contributed by atoms with Gasteiger partial charge in [-0.25, -0.2) is 19.1 Å². The molecule has 47 heavy (non-hydrogen) atoms. The van der Waals surface area contributed by atoms with Crippen LogP contribution in [-0.2, 0) is 37.7 Å². The summed E-state index contributed by atoms with van der Waals surface area (Å²) in [7, 11) is 1.59. The van der Waals surface area contributed by atoms with Gasteiger partial charge in [0.05, 0.1) is 36.2 Å². The predicted octanol–water partition coefficient (Wildman–Crippen LogP) is 5.61. The van der Waals surface area contributed by atoms with E-state index in [4.69, 9.17) is 23.4 Å². The first-order valence-electron chi connectivity index (χ1n) is 15.5. The Morgan fingerprint density at radius 1 is 1.09 bits per heavy atom. The number of rotatable bonds is 11. The van der Waals surface area contributed by atoms with Crippen LogP contribution in [0.5, 0.6) is 5.75 Å². The molecule has 0 spiro atoms. The van der Waals surface area contributed by atoms with Crippen LogP contribution >= 0.6 is 11.3 Å². The number of thiophene rings is 1. The molecule has 11 nitrogen and oxygen atoms in total. The Labute approximate surface area is 275 Å². The van der Waals surface area contributed by atoms with E-state index in [1.54, 1.807) is 14.0 Å². The molecule has 2 aromatic carbocycles. The summed E-state index contributed by atoms with van der Waals surface area (Å²) >= 11 is 1.24. The Bertz CT molecular complexity index is 1970. The summed E-state index contributed by atoms with van der Waals surface area (Å²) in [5.41, 5.74) is -0.799. The van der Waals surface area contributed by atoms with Gasteiger partial charge in [0, 0.05) is 18.8 Å². The van der Waals surface area contributed by atoms with Gasteiger partial charge in [-0.3, -0.25) is 9.36 Å². The average molecular weight is 660 g/mol. The van der Waals surface area contributed by atoms with Crippen LogP contribution < -0.4 is 16.0 Å². The molecule has 4 heterocycles. The molecule has 246 valence electrons. The van der Waals surface area contributed by atoms with Crippen LogP contribution in [-0.4, -0.2) is 46.5 Å². The van der Waals surface area contributed by atoms with Gasteiger partial charge in [-0.1, -0.05) is 48.5 Å². The highest BCUT2D eigenvalue weighted by Crippen LogP contribution is 2.38. The summed E-state index contributed by atoms with van der Waals surface area (Å²) in [6.45, 7) is 6.00. The highest BCUT2D eigenvalue weighted by Gasteiger charge is 2.38. The lowest BCUT2D eigenvalue weighted by atomic mass is 10.0. The van der Waals surface area contributed by atoms with Gasteiger partial charge in [-0.2, -0.15) is 0 Å². The van der Waals surface area contributed by atoms with E-state index in [2.05, 4.69) is 4.98 Å². The van der Waals surface area contributed by atoms with E-state index in [9.17, 15) is 14.4 Å². The number of carbonyl (C=O) groups excluding carboxylic acids is 1. The predicted molar refractivity (Wildman–Crippen MR) is 177 cm³/mol. The van der Waals surface area contributed by atoms with E-state index in [0.717, 1.165) is 15.7 Å². The third-order valence-corrected chi connectivity index (χ3v) is 9.77. The lowest BCUT2D eigenvalue weighted by Gasteiger charge is -2.30. The fraction of sp³-hybridized carbons (Fsp3) is 0.371. The second kappa shape index (κ2) is 13.7. The smallest absolute Gasteiger partial charge is 0.333 e. The lowest BCUT2D eigenvalue weighted by Crippen LogP contribution is -2.53. The van der Waals surface area contributed by atoms with Crippen molar-refractivity contribution in [2.45, 2.75) is 64.5 Å². The molecule has 12 heteroatoms. The summed E-state index contributed by atoms with van der Waals surface area (Å²) in [4.78, 5) is 48.0. The Kier molecular flexibility index (Phi) is 9.44. The molecule has 1 atom stereocenters. The molecule has 1 aliphatic rings. The summed E-state index contributed by atoms with van der Waals surface area (Å²) in [6, 6.07) is 16.7. The van der Waals surface area contributed by atoms with Gasteiger partial charge in [0.2, 0.25) is 5.89 Å². The van der Waals surface area contributed by atoms with Gasteiger partial charge in [-0.05, 0) is 50.8 Å². The zero-order chi connectivity index (χ0) is 33.1. The molecule has 5 aromatic rings. The molecule has 6 rings (SSSR count). The summed E-state index contributed by atoms with van der Waals surface area (Å²) in [6.07, 6.45) is 3.62. The number of hydrogen-bond donors (Lipinski definition) is 0. The number of aryl methyl sites for hydroxylation is 1. The lowest BCUT2D eigenvalue weighted by molar-refractivity contribution is -0.154. The Hall–Kier alpha value is -4.52. The molecule has 1 unspecified atom stereocenters. The highest BCUT2D eigenvalue weighted by molar-refractivity contribution is 7.22. The Morgan fingerprint density at radius 2 is 1.81 bits per heavy atom. The maximum absolute atomic E-state index is 14.6. The van der Waals surface area contributed by atoms with Crippen molar-refractivity contribution < 1.29 is 28.2 Å². The first-order chi connectivity index (χ1) is 22.7. The van der Waals surface area contributed by atoms with Gasteiger partial charge in [0.15, 0.2) is 0 Å². The number of ether oxygens (including phenoxy) is 4. The van der Waals surface area contributed by atoms with E-state index in [1.807, 2.05) is 54.6 Å². The highest BCUT2D eigenvalue weighted by atomic mass is 32.1. The number of fused-ring (bicyclic) bond motifs is 1. The fourth-order valence-electron chi connectivity index (χ4n) is 5.89. The topological polar surface area (TPSA) is 124 Å². The van der Waals surface area contributed by atoms with Crippen LogP contribution in [0.4, 0.5) is 0 Å². The molecule has 0 saturated carbocycles. The monoisotopic (exact) mass is 659 g/mol. The number of aromatic nitrogens is 3. The molecule has 0 radical (unpaired) electrons. The number of methoxy groups -OCH3 is 1. The van der Waals surface area contributed by atoms with Crippen LogP contribution in [0.3, 0.4) is 0 Å². The van der Waals surface area contributed by atoms with Crippen molar-refractivity contribution in [3.8, 4) is 16.5 Å². The van der Waals surface area contributed by atoms with Crippen molar-refractivity contribution in [3.05, 3.63) is 105 Å². The molecule has 1 saturated heterocycles. The van der Waals surface area contributed by atoms with Crippen molar-refractivity contribution in [2.24, 2.45) is 0 Å². The molecule has 3 aromatic heterocycles. The quantitative estimate of drug-likeness (QED) is 0.166. The molecule has 1 aliphatic heterocycles. The normalized spacial score (nSPS) is 14.7. The number of carbonyl (C=O) groups is 1. The zero-order valence-electron chi connectivity index (χ0n) is 26.8. The van der Waals surface area contributed by atoms with Crippen LogP contribution in [0.1, 0.15) is 49.5 Å². The summed E-state index contributed by atoms with van der Waals surface area (Å²) < 4.78 is 31.8. The number of hydrogen-bond acceptors (Lipinski definition) is 10. The third-order valence-electron chi connectivity index (χ3n) is 8.47. The van der Waals surface area contributed by atoms with Crippen LogP contribution in [0.15, 0.2) is 81.1 Å². The van der Waals surface area contributed by atoms with E-state index >= 15 is 0 Å². The zero-order valence-corrected chi connectivity index (χ0v) is 27.6. The van der Waals surface area contributed by atoms with Gasteiger partial charge in [0.1, 0.15) is 35.1 Å². The minimum absolute atomic E-state index is 0.00506. The number of benzene rings is 2. The number of esters is 1. The van der Waals surface area contributed by atoms with Crippen molar-refractivity contribution in [2.75, 3.05) is 20.3 Å². The van der Waals surface area contributed by atoms with Crippen molar-refractivity contribution in [3.63, 3.8) is 0 Å². The second-order valence-corrected chi connectivity index (χ2v) is 12.9. The molecular weight excluding hydrogens is 622 g/mol. The van der Waals surface area contributed by atoms with Gasteiger partial charge < -0.3 is 23.4 Å². The van der Waals surface area contributed by atoms with Crippen LogP contribution in [0, 0.1) is 6.92 Å².